The van der Waals surface area contributed by atoms with Crippen molar-refractivity contribution in [2.75, 3.05) is 53.0 Å². The summed E-state index contributed by atoms with van der Waals surface area (Å²) in [5.41, 5.74) is 1.35. The monoisotopic (exact) mass is 457 g/mol. The Balaban J connectivity index is 1.29. The van der Waals surface area contributed by atoms with Crippen molar-refractivity contribution >= 4 is 5.91 Å². The Morgan fingerprint density at radius 2 is 1.85 bits per heavy atom. The van der Waals surface area contributed by atoms with Gasteiger partial charge in [-0.05, 0) is 69.7 Å². The van der Waals surface area contributed by atoms with Crippen molar-refractivity contribution in [1.82, 2.24) is 15.1 Å². The molecule has 1 saturated carbocycles. The number of fused-ring (bicyclic) bond motifs is 5. The number of hydrogen-bond donors (Lipinski definition) is 1. The van der Waals surface area contributed by atoms with Crippen molar-refractivity contribution in [3.8, 4) is 5.75 Å². The fourth-order valence-electron chi connectivity index (χ4n) is 6.00. The number of nitrogens with one attached hydrogen (secondary N) is 1. The first-order chi connectivity index (χ1) is 16.2. The third kappa shape index (κ3) is 5.53. The molecule has 2 bridgehead atoms. The van der Waals surface area contributed by atoms with Crippen LogP contribution in [0.5, 0.6) is 5.75 Å². The molecule has 7 nitrogen and oxygen atoms in total. The predicted molar refractivity (Wildman–Crippen MR) is 127 cm³/mol. The number of para-hydroxylation sites is 1. The van der Waals surface area contributed by atoms with Crippen LogP contribution in [-0.4, -0.2) is 93.0 Å². The van der Waals surface area contributed by atoms with Crippen molar-refractivity contribution in [1.29, 1.82) is 0 Å². The van der Waals surface area contributed by atoms with E-state index in [0.29, 0.717) is 38.4 Å². The van der Waals surface area contributed by atoms with Gasteiger partial charge in [0.2, 0.25) is 0 Å². The van der Waals surface area contributed by atoms with Gasteiger partial charge in [-0.25, -0.2) is 0 Å². The molecule has 1 aromatic carbocycles. The van der Waals surface area contributed by atoms with Crippen LogP contribution in [0.15, 0.2) is 24.3 Å². The molecule has 33 heavy (non-hydrogen) atoms. The van der Waals surface area contributed by atoms with E-state index in [0.717, 1.165) is 63.9 Å². The largest absolute Gasteiger partial charge is 0.492 e. The number of morpholine rings is 1. The highest BCUT2D eigenvalue weighted by atomic mass is 16.5. The van der Waals surface area contributed by atoms with Crippen LogP contribution in [0.2, 0.25) is 0 Å². The zero-order valence-corrected chi connectivity index (χ0v) is 19.9. The summed E-state index contributed by atoms with van der Waals surface area (Å²) in [6.45, 7) is 5.32. The number of carbonyl (C=O) groups is 1. The molecule has 0 unspecified atom stereocenters. The minimum atomic E-state index is -0.384. The van der Waals surface area contributed by atoms with Crippen LogP contribution in [0.4, 0.5) is 0 Å². The fourth-order valence-corrected chi connectivity index (χ4v) is 6.00. The van der Waals surface area contributed by atoms with Gasteiger partial charge < -0.3 is 24.4 Å². The number of ether oxygens (including phenoxy) is 3. The van der Waals surface area contributed by atoms with Gasteiger partial charge in [0.15, 0.2) is 0 Å². The Labute approximate surface area is 197 Å². The SMILES string of the molecule is CN1CCO[C@H](C(=O)N[C@H]2CCCN3CCOc4ccccc4C4CCC(CC4)OC[C@@H]23)C1. The van der Waals surface area contributed by atoms with Crippen molar-refractivity contribution in [3.05, 3.63) is 29.8 Å². The van der Waals surface area contributed by atoms with Crippen LogP contribution in [0.25, 0.3) is 0 Å². The van der Waals surface area contributed by atoms with Crippen LogP contribution in [-0.2, 0) is 14.3 Å². The van der Waals surface area contributed by atoms with Crippen LogP contribution in [0.3, 0.4) is 0 Å². The topological polar surface area (TPSA) is 63.3 Å². The van der Waals surface area contributed by atoms with E-state index in [4.69, 9.17) is 14.2 Å². The van der Waals surface area contributed by atoms with Gasteiger partial charge in [-0.15, -0.1) is 0 Å². The molecular weight excluding hydrogens is 418 g/mol. The number of amides is 1. The molecule has 2 saturated heterocycles. The standard InChI is InChI=1S/C26H39N3O4/c1-28-13-15-32-25(17-28)26(30)27-22-6-4-12-29-14-16-31-24-7-3-2-5-21(24)19-8-10-20(11-9-19)33-18-23(22)29/h2-3,5,7,19-20,22-23,25H,4,6,8-18H2,1H3,(H,27,30)/t19?,20?,22-,23-,25-/m0/s1. The summed E-state index contributed by atoms with van der Waals surface area (Å²) in [5.74, 6) is 1.62. The van der Waals surface area contributed by atoms with Gasteiger partial charge in [0.1, 0.15) is 18.5 Å². The second kappa shape index (κ2) is 10.7. The lowest BCUT2D eigenvalue weighted by atomic mass is 9.82. The van der Waals surface area contributed by atoms with Crippen LogP contribution in [0, 0.1) is 0 Å². The summed E-state index contributed by atoms with van der Waals surface area (Å²) in [7, 11) is 2.04. The molecule has 4 heterocycles. The third-order valence-electron chi connectivity index (χ3n) is 7.96. The average Bonchev–Trinajstić information content (AvgIpc) is 2.86. The van der Waals surface area contributed by atoms with Crippen molar-refractivity contribution < 1.29 is 19.0 Å². The van der Waals surface area contributed by atoms with E-state index in [1.807, 2.05) is 7.05 Å². The summed E-state index contributed by atoms with van der Waals surface area (Å²) < 4.78 is 18.6. The molecule has 1 amide bonds. The van der Waals surface area contributed by atoms with Crippen LogP contribution in [0.1, 0.15) is 50.0 Å². The molecule has 5 aliphatic rings. The molecule has 0 radical (unpaired) electrons. The Bertz CT molecular complexity index is 797. The third-order valence-corrected chi connectivity index (χ3v) is 7.96. The zero-order valence-electron chi connectivity index (χ0n) is 19.9. The van der Waals surface area contributed by atoms with Crippen molar-refractivity contribution in [2.45, 2.75) is 68.7 Å². The fraction of sp³-hybridized carbons (Fsp3) is 0.731. The lowest BCUT2D eigenvalue weighted by Crippen LogP contribution is -2.60. The first-order valence-corrected chi connectivity index (χ1v) is 12.9. The van der Waals surface area contributed by atoms with Gasteiger partial charge in [-0.1, -0.05) is 18.2 Å². The van der Waals surface area contributed by atoms with E-state index >= 15 is 0 Å². The average molecular weight is 458 g/mol. The number of piperidine rings is 1. The Morgan fingerprint density at radius 1 is 1.00 bits per heavy atom. The lowest BCUT2D eigenvalue weighted by molar-refractivity contribution is -0.140. The summed E-state index contributed by atoms with van der Waals surface area (Å²) in [5, 5.41) is 3.34. The van der Waals surface area contributed by atoms with Gasteiger partial charge in [0.05, 0.1) is 25.4 Å². The quantitative estimate of drug-likeness (QED) is 0.736. The molecule has 0 aromatic heterocycles. The highest BCUT2D eigenvalue weighted by Crippen LogP contribution is 2.38. The second-order valence-electron chi connectivity index (χ2n) is 10.2. The van der Waals surface area contributed by atoms with Crippen molar-refractivity contribution in [2.24, 2.45) is 0 Å². The normalized spacial score (nSPS) is 34.0. The van der Waals surface area contributed by atoms with E-state index in [2.05, 4.69) is 39.4 Å². The molecule has 6 rings (SSSR count). The van der Waals surface area contributed by atoms with E-state index in [9.17, 15) is 4.79 Å². The Hall–Kier alpha value is -1.67. The summed E-state index contributed by atoms with van der Waals surface area (Å²) >= 11 is 0. The maximum Gasteiger partial charge on any atom is 0.250 e. The summed E-state index contributed by atoms with van der Waals surface area (Å²) in [4.78, 5) is 17.7. The van der Waals surface area contributed by atoms with E-state index in [1.54, 1.807) is 0 Å². The number of carbonyl (C=O) groups excluding carboxylic acids is 1. The lowest BCUT2D eigenvalue weighted by Gasteiger charge is -2.42. The molecule has 0 spiro atoms. The van der Waals surface area contributed by atoms with Gasteiger partial charge in [-0.2, -0.15) is 0 Å². The number of hydrogen-bond acceptors (Lipinski definition) is 6. The number of likely N-dealkylation sites (N-methyl/N-ethyl adjacent to an activating group) is 1. The highest BCUT2D eigenvalue weighted by molar-refractivity contribution is 5.81. The van der Waals surface area contributed by atoms with Gasteiger partial charge in [0, 0.05) is 25.7 Å². The molecule has 3 atom stereocenters. The maximum absolute atomic E-state index is 13.0. The van der Waals surface area contributed by atoms with E-state index in [1.165, 1.54) is 5.56 Å². The van der Waals surface area contributed by atoms with Gasteiger partial charge in [-0.3, -0.25) is 9.69 Å². The van der Waals surface area contributed by atoms with Crippen LogP contribution < -0.4 is 10.1 Å². The van der Waals surface area contributed by atoms with Gasteiger partial charge >= 0.3 is 0 Å². The highest BCUT2D eigenvalue weighted by Gasteiger charge is 2.36. The molecular formula is C26H39N3O4. The molecule has 1 aliphatic carbocycles. The summed E-state index contributed by atoms with van der Waals surface area (Å²) in [6, 6.07) is 8.81. The molecule has 7 heteroatoms. The summed E-state index contributed by atoms with van der Waals surface area (Å²) in [6.07, 6.45) is 6.44. The molecule has 1 aromatic rings. The number of nitrogens with zero attached hydrogens (tertiary/aromatic N) is 2. The Morgan fingerprint density at radius 3 is 2.70 bits per heavy atom. The minimum Gasteiger partial charge on any atom is -0.492 e. The first-order valence-electron chi connectivity index (χ1n) is 12.9. The number of benzene rings is 1. The smallest absolute Gasteiger partial charge is 0.250 e. The van der Waals surface area contributed by atoms with Crippen LogP contribution >= 0.6 is 0 Å². The molecule has 182 valence electrons. The molecule has 3 fully saturated rings. The number of rotatable bonds is 2. The van der Waals surface area contributed by atoms with Gasteiger partial charge in [0.25, 0.3) is 5.91 Å². The maximum atomic E-state index is 13.0. The first kappa shape index (κ1) is 23.1. The molecule has 1 N–H and O–H groups in total. The van der Waals surface area contributed by atoms with E-state index in [-0.39, 0.29) is 24.1 Å². The minimum absolute atomic E-state index is 0.0157. The van der Waals surface area contributed by atoms with Crippen molar-refractivity contribution in [3.63, 3.8) is 0 Å². The zero-order chi connectivity index (χ0) is 22.6. The predicted octanol–water partition coefficient (Wildman–Crippen LogP) is 2.40. The Kier molecular flexibility index (Phi) is 7.50. The van der Waals surface area contributed by atoms with E-state index < -0.39 is 0 Å². The second-order valence-corrected chi connectivity index (χ2v) is 10.2. The molecule has 4 aliphatic heterocycles.